The van der Waals surface area contributed by atoms with Crippen molar-refractivity contribution in [1.82, 2.24) is 25.1 Å². The lowest BCUT2D eigenvalue weighted by Gasteiger charge is -2.16. The first kappa shape index (κ1) is 12.5. The van der Waals surface area contributed by atoms with Gasteiger partial charge in [0.2, 0.25) is 5.88 Å². The van der Waals surface area contributed by atoms with Crippen LogP contribution in [0.4, 0.5) is 0 Å². The van der Waals surface area contributed by atoms with Crippen LogP contribution < -0.4 is 10.1 Å². The number of hydrogen-bond acceptors (Lipinski definition) is 5. The van der Waals surface area contributed by atoms with Crippen molar-refractivity contribution < 1.29 is 4.74 Å². The molecule has 0 saturated heterocycles. The Hall–Kier alpha value is -1.95. The average molecular weight is 247 g/mol. The van der Waals surface area contributed by atoms with Crippen molar-refractivity contribution in [1.29, 1.82) is 0 Å². The lowest BCUT2D eigenvalue weighted by Crippen LogP contribution is -2.23. The van der Waals surface area contributed by atoms with Gasteiger partial charge in [-0.3, -0.25) is 0 Å². The van der Waals surface area contributed by atoms with Crippen LogP contribution in [-0.2, 0) is 6.54 Å². The first-order valence-electron chi connectivity index (χ1n) is 5.86. The summed E-state index contributed by atoms with van der Waals surface area (Å²) < 4.78 is 7.08. The molecular formula is C12H17N5O. The topological polar surface area (TPSA) is 64.9 Å². The first-order valence-corrected chi connectivity index (χ1v) is 5.86. The molecule has 0 bridgehead atoms. The second-order valence-electron chi connectivity index (χ2n) is 3.79. The van der Waals surface area contributed by atoms with E-state index in [0.717, 1.165) is 18.1 Å². The fourth-order valence-electron chi connectivity index (χ4n) is 1.85. The van der Waals surface area contributed by atoms with Crippen molar-refractivity contribution in [2.45, 2.75) is 19.5 Å². The molecule has 1 atom stereocenters. The molecule has 18 heavy (non-hydrogen) atoms. The van der Waals surface area contributed by atoms with E-state index in [1.165, 1.54) is 0 Å². The highest BCUT2D eigenvalue weighted by Gasteiger charge is 2.18. The van der Waals surface area contributed by atoms with E-state index < -0.39 is 0 Å². The van der Waals surface area contributed by atoms with Gasteiger partial charge >= 0.3 is 0 Å². The molecule has 0 aromatic carbocycles. The number of aryl methyl sites for hydroxylation is 1. The zero-order chi connectivity index (χ0) is 13.0. The van der Waals surface area contributed by atoms with E-state index >= 15 is 0 Å². The number of rotatable bonds is 5. The molecule has 0 amide bonds. The number of nitrogens with one attached hydrogen (secondary N) is 1. The van der Waals surface area contributed by atoms with Crippen molar-refractivity contribution >= 4 is 0 Å². The van der Waals surface area contributed by atoms with Crippen LogP contribution in [0.25, 0.3) is 0 Å². The highest BCUT2D eigenvalue weighted by molar-refractivity contribution is 5.20. The largest absolute Gasteiger partial charge is 0.480 e. The predicted molar refractivity (Wildman–Crippen MR) is 67.4 cm³/mol. The lowest BCUT2D eigenvalue weighted by molar-refractivity contribution is 0.390. The molecule has 2 heterocycles. The summed E-state index contributed by atoms with van der Waals surface area (Å²) in [5.74, 6) is 1.44. The highest BCUT2D eigenvalue weighted by Crippen LogP contribution is 2.19. The third-order valence-electron chi connectivity index (χ3n) is 2.80. The minimum absolute atomic E-state index is 0.0710. The zero-order valence-corrected chi connectivity index (χ0v) is 10.8. The van der Waals surface area contributed by atoms with Gasteiger partial charge in [0.15, 0.2) is 0 Å². The standard InChI is InChI=1S/C12H17N5O/c1-4-17-8-7-14-12(17)11(13-2)9-5-6-10(18-3)16-15-9/h5-8,11,13H,4H2,1-3H3. The van der Waals surface area contributed by atoms with Gasteiger partial charge in [-0.2, -0.15) is 0 Å². The minimum atomic E-state index is -0.0710. The van der Waals surface area contributed by atoms with Gasteiger partial charge in [-0.15, -0.1) is 10.2 Å². The molecule has 1 unspecified atom stereocenters. The Morgan fingerprint density at radius 3 is 2.78 bits per heavy atom. The molecule has 96 valence electrons. The second-order valence-corrected chi connectivity index (χ2v) is 3.79. The molecule has 6 heteroatoms. The quantitative estimate of drug-likeness (QED) is 0.854. The number of nitrogens with zero attached hydrogens (tertiary/aromatic N) is 4. The van der Waals surface area contributed by atoms with E-state index in [1.54, 1.807) is 19.4 Å². The van der Waals surface area contributed by atoms with Gasteiger partial charge in [-0.25, -0.2) is 4.98 Å². The van der Waals surface area contributed by atoms with Crippen LogP contribution in [0.1, 0.15) is 24.5 Å². The highest BCUT2D eigenvalue weighted by atomic mass is 16.5. The molecule has 2 aromatic heterocycles. The Labute approximate surface area is 106 Å². The summed E-state index contributed by atoms with van der Waals surface area (Å²) in [7, 11) is 3.45. The molecule has 6 nitrogen and oxygen atoms in total. The average Bonchev–Trinajstić information content (AvgIpc) is 2.89. The summed E-state index contributed by atoms with van der Waals surface area (Å²) in [4.78, 5) is 4.38. The van der Waals surface area contributed by atoms with Crippen LogP contribution in [0, 0.1) is 0 Å². The van der Waals surface area contributed by atoms with Crippen LogP contribution in [0.15, 0.2) is 24.5 Å². The molecule has 0 aliphatic carbocycles. The van der Waals surface area contributed by atoms with Crippen LogP contribution in [-0.4, -0.2) is 33.9 Å². The summed E-state index contributed by atoms with van der Waals surface area (Å²) in [5, 5.41) is 11.3. The van der Waals surface area contributed by atoms with Gasteiger partial charge in [-0.05, 0) is 20.0 Å². The van der Waals surface area contributed by atoms with Crippen molar-refractivity contribution in [3.05, 3.63) is 36.0 Å². The van der Waals surface area contributed by atoms with E-state index in [4.69, 9.17) is 4.74 Å². The number of hydrogen-bond donors (Lipinski definition) is 1. The van der Waals surface area contributed by atoms with Gasteiger partial charge in [0.1, 0.15) is 11.9 Å². The Kier molecular flexibility index (Phi) is 3.88. The normalized spacial score (nSPS) is 12.4. The van der Waals surface area contributed by atoms with Crippen LogP contribution >= 0.6 is 0 Å². The van der Waals surface area contributed by atoms with Crippen LogP contribution in [0.2, 0.25) is 0 Å². The SMILES string of the molecule is CCn1ccnc1C(NC)c1ccc(OC)nn1. The first-order chi connectivity index (χ1) is 8.80. The number of imidazole rings is 1. The maximum atomic E-state index is 5.00. The van der Waals surface area contributed by atoms with Crippen LogP contribution in [0.3, 0.4) is 0 Å². The van der Waals surface area contributed by atoms with Crippen molar-refractivity contribution in [3.63, 3.8) is 0 Å². The predicted octanol–water partition coefficient (Wildman–Crippen LogP) is 1.01. The molecular weight excluding hydrogens is 230 g/mol. The number of ether oxygens (including phenoxy) is 1. The smallest absolute Gasteiger partial charge is 0.233 e. The molecule has 0 spiro atoms. The Bertz CT molecular complexity index is 493. The van der Waals surface area contributed by atoms with Gasteiger partial charge in [0.05, 0.1) is 12.8 Å². The zero-order valence-electron chi connectivity index (χ0n) is 10.8. The number of methoxy groups -OCH3 is 1. The molecule has 0 aliphatic rings. The van der Waals surface area contributed by atoms with Crippen molar-refractivity contribution in [2.75, 3.05) is 14.2 Å². The second kappa shape index (κ2) is 5.59. The summed E-state index contributed by atoms with van der Waals surface area (Å²) >= 11 is 0. The molecule has 1 N–H and O–H groups in total. The third kappa shape index (κ3) is 2.33. The summed E-state index contributed by atoms with van der Waals surface area (Å²) in [5.41, 5.74) is 0.819. The summed E-state index contributed by atoms with van der Waals surface area (Å²) in [6.07, 6.45) is 3.75. The van der Waals surface area contributed by atoms with Gasteiger partial charge in [0.25, 0.3) is 0 Å². The van der Waals surface area contributed by atoms with Gasteiger partial charge < -0.3 is 14.6 Å². The van der Waals surface area contributed by atoms with Gasteiger partial charge in [0, 0.05) is 25.0 Å². The van der Waals surface area contributed by atoms with Crippen molar-refractivity contribution in [2.24, 2.45) is 0 Å². The summed E-state index contributed by atoms with van der Waals surface area (Å²) in [6, 6.07) is 3.62. The monoisotopic (exact) mass is 247 g/mol. The number of aromatic nitrogens is 4. The molecule has 2 rings (SSSR count). The van der Waals surface area contributed by atoms with E-state index in [1.807, 2.05) is 19.3 Å². The molecule has 0 aliphatic heterocycles. The fourth-order valence-corrected chi connectivity index (χ4v) is 1.85. The van der Waals surface area contributed by atoms with E-state index in [2.05, 4.69) is 32.0 Å². The maximum absolute atomic E-state index is 5.00. The van der Waals surface area contributed by atoms with E-state index in [9.17, 15) is 0 Å². The van der Waals surface area contributed by atoms with Gasteiger partial charge in [-0.1, -0.05) is 0 Å². The van der Waals surface area contributed by atoms with Crippen molar-refractivity contribution in [3.8, 4) is 5.88 Å². The Morgan fingerprint density at radius 1 is 1.39 bits per heavy atom. The van der Waals surface area contributed by atoms with E-state index in [-0.39, 0.29) is 6.04 Å². The maximum Gasteiger partial charge on any atom is 0.233 e. The Morgan fingerprint density at radius 2 is 2.22 bits per heavy atom. The molecule has 2 aromatic rings. The Balaban J connectivity index is 2.32. The minimum Gasteiger partial charge on any atom is -0.480 e. The fraction of sp³-hybridized carbons (Fsp3) is 0.417. The molecule has 0 saturated carbocycles. The van der Waals surface area contributed by atoms with Crippen LogP contribution in [0.5, 0.6) is 5.88 Å². The molecule has 0 radical (unpaired) electrons. The lowest BCUT2D eigenvalue weighted by atomic mass is 10.2. The third-order valence-corrected chi connectivity index (χ3v) is 2.80. The summed E-state index contributed by atoms with van der Waals surface area (Å²) in [6.45, 7) is 2.95. The van der Waals surface area contributed by atoms with E-state index in [0.29, 0.717) is 5.88 Å². The molecule has 0 fully saturated rings.